The summed E-state index contributed by atoms with van der Waals surface area (Å²) in [5.41, 5.74) is 1.40. The molecule has 112 valence electrons. The second-order valence-electron chi connectivity index (χ2n) is 4.67. The van der Waals surface area contributed by atoms with Crippen LogP contribution >= 0.6 is 0 Å². The molecule has 21 heavy (non-hydrogen) atoms. The second-order valence-corrected chi connectivity index (χ2v) is 6.67. The van der Waals surface area contributed by atoms with Crippen LogP contribution < -0.4 is 0 Å². The Morgan fingerprint density at radius 1 is 1.43 bits per heavy atom. The monoisotopic (exact) mass is 306 g/mol. The molecule has 1 rings (SSSR count). The van der Waals surface area contributed by atoms with Gasteiger partial charge in [0.15, 0.2) is 0 Å². The molecule has 0 aliphatic rings. The minimum Gasteiger partial charge on any atom is -0.384 e. The van der Waals surface area contributed by atoms with Crippen molar-refractivity contribution in [1.82, 2.24) is 4.31 Å². The van der Waals surface area contributed by atoms with Gasteiger partial charge in [0.25, 0.3) is 0 Å². The molecule has 1 unspecified atom stereocenters. The Labute approximate surface area is 125 Å². The van der Waals surface area contributed by atoms with Gasteiger partial charge < -0.3 is 5.11 Å². The molecule has 1 N–H and O–H groups in total. The number of hydrogen-bond donors (Lipinski definition) is 1. The van der Waals surface area contributed by atoms with E-state index in [4.69, 9.17) is 10.4 Å². The Bertz CT molecular complexity index is 709. The van der Waals surface area contributed by atoms with Crippen molar-refractivity contribution in [2.45, 2.75) is 31.2 Å². The van der Waals surface area contributed by atoms with Crippen LogP contribution in [0.15, 0.2) is 23.1 Å². The Hall–Kier alpha value is -1.86. The zero-order valence-corrected chi connectivity index (χ0v) is 13.1. The van der Waals surface area contributed by atoms with Gasteiger partial charge >= 0.3 is 0 Å². The van der Waals surface area contributed by atoms with Gasteiger partial charge in [0.05, 0.1) is 17.4 Å². The molecule has 0 saturated carbocycles. The third-order valence-corrected chi connectivity index (χ3v) is 5.15. The number of rotatable bonds is 4. The number of sulfonamides is 1. The highest BCUT2D eigenvalue weighted by Crippen LogP contribution is 2.20. The molecule has 0 aliphatic heterocycles. The fourth-order valence-corrected chi connectivity index (χ4v) is 3.18. The van der Waals surface area contributed by atoms with Crippen molar-refractivity contribution in [2.24, 2.45) is 0 Å². The zero-order chi connectivity index (χ0) is 16.0. The number of aliphatic hydroxyl groups excluding tert-OH is 1. The van der Waals surface area contributed by atoms with E-state index >= 15 is 0 Å². The first kappa shape index (κ1) is 17.2. The number of aryl methyl sites for hydroxylation is 1. The smallest absolute Gasteiger partial charge is 0.243 e. The van der Waals surface area contributed by atoms with E-state index in [1.807, 2.05) is 6.07 Å². The van der Waals surface area contributed by atoms with Crippen LogP contribution in [-0.2, 0) is 10.0 Å². The van der Waals surface area contributed by atoms with Crippen LogP contribution in [0, 0.1) is 30.1 Å². The highest BCUT2D eigenvalue weighted by atomic mass is 32.2. The number of nitriles is 1. The van der Waals surface area contributed by atoms with Crippen molar-refractivity contribution in [2.75, 3.05) is 13.7 Å². The van der Waals surface area contributed by atoms with Gasteiger partial charge in [0.1, 0.15) is 6.61 Å². The van der Waals surface area contributed by atoms with Crippen LogP contribution in [0.2, 0.25) is 0 Å². The van der Waals surface area contributed by atoms with Gasteiger partial charge in [-0.1, -0.05) is 11.8 Å². The Balaban J connectivity index is 3.16. The summed E-state index contributed by atoms with van der Waals surface area (Å²) in [6, 6.07) is 6.23. The van der Waals surface area contributed by atoms with Gasteiger partial charge in [-0.05, 0) is 37.6 Å². The maximum absolute atomic E-state index is 12.5. The lowest BCUT2D eigenvalue weighted by Crippen LogP contribution is -2.34. The minimum absolute atomic E-state index is 0.134. The van der Waals surface area contributed by atoms with E-state index in [9.17, 15) is 8.42 Å². The van der Waals surface area contributed by atoms with Crippen molar-refractivity contribution < 1.29 is 13.5 Å². The Morgan fingerprint density at radius 2 is 2.10 bits per heavy atom. The van der Waals surface area contributed by atoms with Gasteiger partial charge in [-0.3, -0.25) is 0 Å². The molecular weight excluding hydrogens is 288 g/mol. The standard InChI is InChI=1S/C15H18N2O3S/c1-12-11-15(7-6-14(12)5-4-10-18)21(19,20)17(3)13(2)8-9-16/h6-7,11,13,18H,8,10H2,1-3H3. The van der Waals surface area contributed by atoms with Crippen molar-refractivity contribution >= 4 is 10.0 Å². The van der Waals surface area contributed by atoms with E-state index in [1.165, 1.54) is 17.4 Å². The average Bonchev–Trinajstić information content (AvgIpc) is 2.45. The molecule has 6 heteroatoms. The number of aliphatic hydroxyl groups is 1. The normalized spacial score (nSPS) is 12.4. The summed E-state index contributed by atoms with van der Waals surface area (Å²) < 4.78 is 26.1. The predicted molar refractivity (Wildman–Crippen MR) is 79.8 cm³/mol. The van der Waals surface area contributed by atoms with Crippen molar-refractivity contribution in [3.63, 3.8) is 0 Å². The largest absolute Gasteiger partial charge is 0.384 e. The van der Waals surface area contributed by atoms with Gasteiger partial charge in [0, 0.05) is 18.7 Å². The lowest BCUT2D eigenvalue weighted by atomic mass is 10.1. The molecule has 0 heterocycles. The first-order valence-corrected chi connectivity index (χ1v) is 7.84. The van der Waals surface area contributed by atoms with Crippen molar-refractivity contribution in [3.05, 3.63) is 29.3 Å². The summed E-state index contributed by atoms with van der Waals surface area (Å²) in [6.45, 7) is 3.21. The number of hydrogen-bond acceptors (Lipinski definition) is 4. The molecule has 0 aliphatic carbocycles. The molecule has 1 atom stereocenters. The summed E-state index contributed by atoms with van der Waals surface area (Å²) in [7, 11) is -2.17. The van der Waals surface area contributed by atoms with Gasteiger partial charge in [-0.15, -0.1) is 0 Å². The lowest BCUT2D eigenvalue weighted by molar-refractivity contribution is 0.350. The van der Waals surface area contributed by atoms with E-state index in [0.29, 0.717) is 5.56 Å². The predicted octanol–water partition coefficient (Wildman–Crippen LogP) is 1.26. The van der Waals surface area contributed by atoms with Crippen molar-refractivity contribution in [3.8, 4) is 17.9 Å². The molecule has 0 amide bonds. The van der Waals surface area contributed by atoms with Gasteiger partial charge in [0.2, 0.25) is 10.0 Å². The molecule has 0 spiro atoms. The van der Waals surface area contributed by atoms with E-state index in [0.717, 1.165) is 5.56 Å². The highest BCUT2D eigenvalue weighted by molar-refractivity contribution is 7.89. The molecule has 0 bridgehead atoms. The second kappa shape index (κ2) is 7.24. The van der Waals surface area contributed by atoms with Crippen molar-refractivity contribution in [1.29, 1.82) is 5.26 Å². The van der Waals surface area contributed by atoms with Crippen LogP contribution in [0.4, 0.5) is 0 Å². The molecule has 1 aromatic rings. The van der Waals surface area contributed by atoms with Crippen LogP contribution in [0.25, 0.3) is 0 Å². The topological polar surface area (TPSA) is 81.4 Å². The summed E-state index contributed by atoms with van der Waals surface area (Å²) in [5, 5.41) is 17.4. The zero-order valence-electron chi connectivity index (χ0n) is 12.3. The molecule has 0 aromatic heterocycles. The Kier molecular flexibility index (Phi) is 5.92. The van der Waals surface area contributed by atoms with Gasteiger partial charge in [-0.2, -0.15) is 9.57 Å². The molecule has 0 radical (unpaired) electrons. The number of benzene rings is 1. The summed E-state index contributed by atoms with van der Waals surface area (Å²) in [4.78, 5) is 0.168. The average molecular weight is 306 g/mol. The summed E-state index contributed by atoms with van der Waals surface area (Å²) in [5.74, 6) is 5.29. The molecule has 5 nitrogen and oxygen atoms in total. The first-order valence-electron chi connectivity index (χ1n) is 6.40. The highest BCUT2D eigenvalue weighted by Gasteiger charge is 2.25. The maximum atomic E-state index is 12.5. The van der Waals surface area contributed by atoms with Crippen LogP contribution in [0.1, 0.15) is 24.5 Å². The molecule has 0 fully saturated rings. The molecule has 0 saturated heterocycles. The van der Waals surface area contributed by atoms with E-state index in [1.54, 1.807) is 26.0 Å². The Morgan fingerprint density at radius 3 is 2.62 bits per heavy atom. The molecular formula is C15H18N2O3S. The van der Waals surface area contributed by atoms with Crippen LogP contribution in [-0.4, -0.2) is 37.5 Å². The van der Waals surface area contributed by atoms with E-state index in [-0.39, 0.29) is 17.9 Å². The minimum atomic E-state index is -3.64. The maximum Gasteiger partial charge on any atom is 0.243 e. The van der Waals surface area contributed by atoms with Crippen LogP contribution in [0.3, 0.4) is 0 Å². The third-order valence-electron chi connectivity index (χ3n) is 3.18. The number of nitrogens with zero attached hydrogens (tertiary/aromatic N) is 2. The van der Waals surface area contributed by atoms with Crippen LogP contribution in [0.5, 0.6) is 0 Å². The summed E-state index contributed by atoms with van der Waals surface area (Å²) in [6.07, 6.45) is 0.134. The SMILES string of the molecule is Cc1cc(S(=O)(=O)N(C)C(C)CC#N)ccc1C#CCO. The molecule has 1 aromatic carbocycles. The van der Waals surface area contributed by atoms with E-state index in [2.05, 4.69) is 11.8 Å². The van der Waals surface area contributed by atoms with E-state index < -0.39 is 16.1 Å². The summed E-state index contributed by atoms with van der Waals surface area (Å²) >= 11 is 0. The van der Waals surface area contributed by atoms with Gasteiger partial charge in [-0.25, -0.2) is 8.42 Å². The quantitative estimate of drug-likeness (QED) is 0.849. The lowest BCUT2D eigenvalue weighted by Gasteiger charge is -2.22. The fourth-order valence-electron chi connectivity index (χ4n) is 1.74. The third kappa shape index (κ3) is 4.05. The fraction of sp³-hybridized carbons (Fsp3) is 0.400. The first-order chi connectivity index (χ1) is 9.84.